The highest BCUT2D eigenvalue weighted by Gasteiger charge is 2.13. The molecule has 0 aliphatic carbocycles. The highest BCUT2D eigenvalue weighted by molar-refractivity contribution is 6.35. The fraction of sp³-hybridized carbons (Fsp3) is 0.133. The summed E-state index contributed by atoms with van der Waals surface area (Å²) < 4.78 is 10.1. The van der Waals surface area contributed by atoms with E-state index in [9.17, 15) is 4.79 Å². The average Bonchev–Trinajstić information content (AvgIpc) is 2.46. The minimum Gasteiger partial charge on any atom is -0.497 e. The van der Waals surface area contributed by atoms with Crippen molar-refractivity contribution < 1.29 is 14.3 Å². The van der Waals surface area contributed by atoms with E-state index in [1.807, 2.05) is 0 Å². The van der Waals surface area contributed by atoms with Crippen molar-refractivity contribution in [2.75, 3.05) is 14.2 Å². The van der Waals surface area contributed by atoms with Crippen LogP contribution in [0.15, 0.2) is 42.5 Å². The van der Waals surface area contributed by atoms with E-state index in [1.165, 1.54) is 0 Å². The average molecular weight is 277 g/mol. The van der Waals surface area contributed by atoms with Gasteiger partial charge in [-0.2, -0.15) is 0 Å². The van der Waals surface area contributed by atoms with Gasteiger partial charge >= 0.3 is 0 Å². The zero-order valence-electron chi connectivity index (χ0n) is 10.6. The molecule has 0 aliphatic rings. The molecule has 0 saturated heterocycles. The molecule has 0 atom stereocenters. The number of hydrogen-bond acceptors (Lipinski definition) is 3. The predicted octanol–water partition coefficient (Wildman–Crippen LogP) is 3.59. The van der Waals surface area contributed by atoms with Gasteiger partial charge in [0.15, 0.2) is 5.78 Å². The number of benzene rings is 2. The van der Waals surface area contributed by atoms with Crippen LogP contribution in [-0.2, 0) is 0 Å². The van der Waals surface area contributed by atoms with E-state index < -0.39 is 0 Å². The quantitative estimate of drug-likeness (QED) is 0.801. The summed E-state index contributed by atoms with van der Waals surface area (Å²) in [5.41, 5.74) is 1.01. The number of methoxy groups -OCH3 is 2. The Kier molecular flexibility index (Phi) is 4.07. The Morgan fingerprint density at radius 1 is 0.947 bits per heavy atom. The fourth-order valence-electron chi connectivity index (χ4n) is 1.70. The third-order valence-electron chi connectivity index (χ3n) is 2.77. The van der Waals surface area contributed by atoms with Crippen LogP contribution >= 0.6 is 11.6 Å². The summed E-state index contributed by atoms with van der Waals surface area (Å²) in [4.78, 5) is 12.3. The number of hydrogen-bond donors (Lipinski definition) is 0. The van der Waals surface area contributed by atoms with E-state index in [2.05, 4.69) is 0 Å². The van der Waals surface area contributed by atoms with Crippen molar-refractivity contribution in [2.45, 2.75) is 0 Å². The minimum atomic E-state index is -0.129. The molecule has 98 valence electrons. The Morgan fingerprint density at radius 3 is 2.05 bits per heavy atom. The van der Waals surface area contributed by atoms with Gasteiger partial charge in [0, 0.05) is 11.1 Å². The lowest BCUT2D eigenvalue weighted by Gasteiger charge is -2.06. The van der Waals surface area contributed by atoms with Crippen molar-refractivity contribution in [3.8, 4) is 11.5 Å². The molecular weight excluding hydrogens is 264 g/mol. The lowest BCUT2D eigenvalue weighted by molar-refractivity contribution is 0.103. The van der Waals surface area contributed by atoms with Gasteiger partial charge in [0.1, 0.15) is 11.5 Å². The number of ketones is 1. The fourth-order valence-corrected chi connectivity index (χ4v) is 1.96. The monoisotopic (exact) mass is 276 g/mol. The van der Waals surface area contributed by atoms with Crippen LogP contribution in [-0.4, -0.2) is 20.0 Å². The second-order valence-corrected chi connectivity index (χ2v) is 4.31. The first kappa shape index (κ1) is 13.4. The van der Waals surface area contributed by atoms with Crippen molar-refractivity contribution in [3.63, 3.8) is 0 Å². The Balaban J connectivity index is 2.32. The first-order valence-corrected chi connectivity index (χ1v) is 6.06. The van der Waals surface area contributed by atoms with Crippen molar-refractivity contribution in [1.82, 2.24) is 0 Å². The molecule has 2 aromatic carbocycles. The van der Waals surface area contributed by atoms with Crippen LogP contribution in [0.2, 0.25) is 5.02 Å². The highest BCUT2D eigenvalue weighted by atomic mass is 35.5. The normalized spacial score (nSPS) is 10.1. The van der Waals surface area contributed by atoms with E-state index in [-0.39, 0.29) is 5.78 Å². The molecule has 4 heteroatoms. The van der Waals surface area contributed by atoms with Crippen LogP contribution in [0.25, 0.3) is 0 Å². The number of rotatable bonds is 4. The van der Waals surface area contributed by atoms with Crippen molar-refractivity contribution in [2.24, 2.45) is 0 Å². The highest BCUT2D eigenvalue weighted by Crippen LogP contribution is 2.25. The van der Waals surface area contributed by atoms with Crippen LogP contribution in [0.3, 0.4) is 0 Å². The molecule has 0 saturated carbocycles. The summed E-state index contributed by atoms with van der Waals surface area (Å²) in [6.45, 7) is 0. The Labute approximate surface area is 116 Å². The maximum Gasteiger partial charge on any atom is 0.194 e. The van der Waals surface area contributed by atoms with Crippen molar-refractivity contribution in [3.05, 3.63) is 58.6 Å². The third-order valence-corrected chi connectivity index (χ3v) is 3.09. The molecule has 0 radical (unpaired) electrons. The topological polar surface area (TPSA) is 35.5 Å². The van der Waals surface area contributed by atoms with Crippen LogP contribution in [0.5, 0.6) is 11.5 Å². The number of ether oxygens (including phenoxy) is 2. The number of carbonyl (C=O) groups excluding carboxylic acids is 1. The van der Waals surface area contributed by atoms with Gasteiger partial charge < -0.3 is 9.47 Å². The standard InChI is InChI=1S/C15H13ClO3/c1-18-11-5-3-10(4-6-11)15(17)13-8-7-12(19-2)9-14(13)16/h3-9H,1-2H3. The van der Waals surface area contributed by atoms with Crippen LogP contribution < -0.4 is 9.47 Å². The van der Waals surface area contributed by atoms with Crippen LogP contribution in [0.1, 0.15) is 15.9 Å². The Bertz CT molecular complexity index is 591. The van der Waals surface area contributed by atoms with Gasteiger partial charge in [-0.05, 0) is 42.5 Å². The molecule has 19 heavy (non-hydrogen) atoms. The zero-order chi connectivity index (χ0) is 13.8. The summed E-state index contributed by atoms with van der Waals surface area (Å²) in [7, 11) is 3.13. The summed E-state index contributed by atoms with van der Waals surface area (Å²) in [5, 5.41) is 0.375. The smallest absolute Gasteiger partial charge is 0.194 e. The van der Waals surface area contributed by atoms with E-state index >= 15 is 0 Å². The third kappa shape index (κ3) is 2.88. The van der Waals surface area contributed by atoms with Gasteiger partial charge in [-0.25, -0.2) is 0 Å². The van der Waals surface area contributed by atoms with E-state index in [0.29, 0.717) is 27.6 Å². The molecule has 0 unspecified atom stereocenters. The number of halogens is 1. The van der Waals surface area contributed by atoms with Crippen molar-refractivity contribution in [1.29, 1.82) is 0 Å². The summed E-state index contributed by atoms with van der Waals surface area (Å²) in [6, 6.07) is 11.9. The molecule has 0 spiro atoms. The maximum atomic E-state index is 12.3. The van der Waals surface area contributed by atoms with Gasteiger partial charge in [-0.3, -0.25) is 4.79 Å². The maximum absolute atomic E-state index is 12.3. The lowest BCUT2D eigenvalue weighted by atomic mass is 10.0. The lowest BCUT2D eigenvalue weighted by Crippen LogP contribution is -2.02. The van der Waals surface area contributed by atoms with Gasteiger partial charge in [-0.15, -0.1) is 0 Å². The minimum absolute atomic E-state index is 0.129. The molecule has 2 rings (SSSR count). The largest absolute Gasteiger partial charge is 0.497 e. The van der Waals surface area contributed by atoms with Crippen molar-refractivity contribution >= 4 is 17.4 Å². The van der Waals surface area contributed by atoms with Gasteiger partial charge in [0.25, 0.3) is 0 Å². The molecule has 0 aliphatic heterocycles. The van der Waals surface area contributed by atoms with Crippen LogP contribution in [0.4, 0.5) is 0 Å². The molecule has 0 amide bonds. The van der Waals surface area contributed by atoms with Crippen LogP contribution in [0, 0.1) is 0 Å². The molecule has 3 nitrogen and oxygen atoms in total. The summed E-state index contributed by atoms with van der Waals surface area (Å²) >= 11 is 6.09. The second-order valence-electron chi connectivity index (χ2n) is 3.90. The Hall–Kier alpha value is -2.00. The molecule has 0 fully saturated rings. The molecule has 2 aromatic rings. The van der Waals surface area contributed by atoms with Gasteiger partial charge in [0.05, 0.1) is 19.2 Å². The van der Waals surface area contributed by atoms with E-state index in [4.69, 9.17) is 21.1 Å². The first-order valence-electron chi connectivity index (χ1n) is 5.68. The summed E-state index contributed by atoms with van der Waals surface area (Å²) in [5.74, 6) is 1.20. The van der Waals surface area contributed by atoms with Gasteiger partial charge in [-0.1, -0.05) is 11.6 Å². The molecular formula is C15H13ClO3. The first-order chi connectivity index (χ1) is 9.15. The predicted molar refractivity (Wildman–Crippen MR) is 74.4 cm³/mol. The molecule has 0 N–H and O–H groups in total. The molecule has 0 bridgehead atoms. The number of carbonyl (C=O) groups is 1. The Morgan fingerprint density at radius 2 is 1.53 bits per heavy atom. The zero-order valence-corrected chi connectivity index (χ0v) is 11.4. The molecule has 0 heterocycles. The summed E-state index contributed by atoms with van der Waals surface area (Å²) in [6.07, 6.45) is 0. The van der Waals surface area contributed by atoms with E-state index in [1.54, 1.807) is 56.7 Å². The SMILES string of the molecule is COc1ccc(C(=O)c2ccc(OC)cc2Cl)cc1. The second kappa shape index (κ2) is 5.76. The van der Waals surface area contributed by atoms with Gasteiger partial charge in [0.2, 0.25) is 0 Å². The van der Waals surface area contributed by atoms with E-state index in [0.717, 1.165) is 0 Å². The molecule has 0 aromatic heterocycles.